The summed E-state index contributed by atoms with van der Waals surface area (Å²) in [5, 5.41) is 21.4. The SMILES string of the molecule is Cc1cc(C[C@@H]2CN(C(=O)c3ccn4ncnc4c3)C[C@H]2O)n[nH]1. The van der Waals surface area contributed by atoms with Crippen LogP contribution in [0.5, 0.6) is 0 Å². The van der Waals surface area contributed by atoms with Crippen LogP contribution in [0.2, 0.25) is 0 Å². The number of carbonyl (C=O) groups excluding carboxylic acids is 1. The van der Waals surface area contributed by atoms with E-state index in [1.54, 1.807) is 27.7 Å². The van der Waals surface area contributed by atoms with Crippen LogP contribution in [0, 0.1) is 12.8 Å². The first kappa shape index (κ1) is 14.8. The molecule has 1 fully saturated rings. The van der Waals surface area contributed by atoms with Crippen LogP contribution in [-0.4, -0.2) is 59.9 Å². The van der Waals surface area contributed by atoms with Gasteiger partial charge in [-0.15, -0.1) is 0 Å². The molecule has 4 rings (SSSR count). The summed E-state index contributed by atoms with van der Waals surface area (Å²) in [6.45, 7) is 2.80. The number of amides is 1. The Kier molecular flexibility index (Phi) is 3.53. The van der Waals surface area contributed by atoms with Crippen molar-refractivity contribution < 1.29 is 9.90 Å². The molecule has 1 amide bonds. The summed E-state index contributed by atoms with van der Waals surface area (Å²) in [5.41, 5.74) is 3.09. The van der Waals surface area contributed by atoms with E-state index in [9.17, 15) is 9.90 Å². The number of H-pyrrole nitrogens is 1. The Hall–Kier alpha value is -2.74. The summed E-state index contributed by atoms with van der Waals surface area (Å²) in [4.78, 5) is 18.5. The summed E-state index contributed by atoms with van der Waals surface area (Å²) in [6.07, 6.45) is 3.28. The maximum absolute atomic E-state index is 12.7. The van der Waals surface area contributed by atoms with Crippen LogP contribution in [-0.2, 0) is 6.42 Å². The smallest absolute Gasteiger partial charge is 0.254 e. The molecule has 4 heterocycles. The van der Waals surface area contributed by atoms with E-state index in [4.69, 9.17) is 0 Å². The molecule has 0 bridgehead atoms. The first-order valence-electron chi connectivity index (χ1n) is 7.88. The third-order valence-corrected chi connectivity index (χ3v) is 4.45. The lowest BCUT2D eigenvalue weighted by molar-refractivity contribution is 0.0764. The number of aromatic amines is 1. The van der Waals surface area contributed by atoms with E-state index in [1.165, 1.54) is 6.33 Å². The molecule has 8 nitrogen and oxygen atoms in total. The van der Waals surface area contributed by atoms with Crippen LogP contribution < -0.4 is 0 Å². The van der Waals surface area contributed by atoms with E-state index in [0.717, 1.165) is 11.4 Å². The summed E-state index contributed by atoms with van der Waals surface area (Å²) in [6, 6.07) is 5.41. The monoisotopic (exact) mass is 326 g/mol. The number of rotatable bonds is 3. The zero-order valence-corrected chi connectivity index (χ0v) is 13.3. The average Bonchev–Trinajstić information content (AvgIpc) is 3.27. The largest absolute Gasteiger partial charge is 0.391 e. The van der Waals surface area contributed by atoms with Gasteiger partial charge < -0.3 is 10.0 Å². The molecular weight excluding hydrogens is 308 g/mol. The predicted octanol–water partition coefficient (Wildman–Crippen LogP) is 0.436. The van der Waals surface area contributed by atoms with E-state index in [-0.39, 0.29) is 11.8 Å². The van der Waals surface area contributed by atoms with Crippen molar-refractivity contribution in [3.05, 3.63) is 47.7 Å². The minimum atomic E-state index is -0.539. The Morgan fingerprint density at radius 1 is 1.42 bits per heavy atom. The van der Waals surface area contributed by atoms with Crippen molar-refractivity contribution in [3.63, 3.8) is 0 Å². The van der Waals surface area contributed by atoms with E-state index in [0.29, 0.717) is 30.7 Å². The first-order valence-corrected chi connectivity index (χ1v) is 7.88. The van der Waals surface area contributed by atoms with E-state index >= 15 is 0 Å². The molecule has 124 valence electrons. The van der Waals surface area contributed by atoms with Crippen LogP contribution in [0.25, 0.3) is 5.65 Å². The number of aryl methyl sites for hydroxylation is 1. The van der Waals surface area contributed by atoms with E-state index in [2.05, 4.69) is 20.3 Å². The van der Waals surface area contributed by atoms with Gasteiger partial charge in [-0.3, -0.25) is 9.89 Å². The number of hydrogen-bond acceptors (Lipinski definition) is 5. The number of aliphatic hydroxyl groups is 1. The van der Waals surface area contributed by atoms with Gasteiger partial charge in [0.25, 0.3) is 5.91 Å². The molecule has 0 saturated carbocycles. The number of likely N-dealkylation sites (tertiary alicyclic amines) is 1. The normalized spacial score (nSPS) is 20.8. The van der Waals surface area contributed by atoms with Crippen LogP contribution in [0.3, 0.4) is 0 Å². The number of β-amino-alcohol motifs (C(OH)–C–C–N with tert-alkyl or cyclic N) is 1. The van der Waals surface area contributed by atoms with Crippen LogP contribution in [0.1, 0.15) is 21.7 Å². The van der Waals surface area contributed by atoms with E-state index in [1.807, 2.05) is 13.0 Å². The third-order valence-electron chi connectivity index (χ3n) is 4.45. The minimum Gasteiger partial charge on any atom is -0.391 e. The number of aliphatic hydroxyl groups excluding tert-OH is 1. The lowest BCUT2D eigenvalue weighted by Gasteiger charge is -2.16. The molecule has 3 aromatic heterocycles. The van der Waals surface area contributed by atoms with Gasteiger partial charge in [0, 0.05) is 36.5 Å². The maximum atomic E-state index is 12.7. The lowest BCUT2D eigenvalue weighted by atomic mass is 10.0. The molecule has 0 spiro atoms. The summed E-state index contributed by atoms with van der Waals surface area (Å²) < 4.78 is 1.61. The van der Waals surface area contributed by atoms with Crippen LogP contribution in [0.15, 0.2) is 30.7 Å². The summed E-state index contributed by atoms with van der Waals surface area (Å²) in [7, 11) is 0. The number of nitrogens with zero attached hydrogens (tertiary/aromatic N) is 5. The second kappa shape index (κ2) is 5.72. The highest BCUT2D eigenvalue weighted by atomic mass is 16.3. The zero-order chi connectivity index (χ0) is 16.7. The molecule has 2 atom stereocenters. The van der Waals surface area contributed by atoms with Gasteiger partial charge in [0.2, 0.25) is 0 Å². The van der Waals surface area contributed by atoms with Crippen molar-refractivity contribution in [2.45, 2.75) is 19.4 Å². The fourth-order valence-electron chi connectivity index (χ4n) is 3.20. The molecule has 3 aromatic rings. The van der Waals surface area contributed by atoms with Gasteiger partial charge in [-0.2, -0.15) is 10.2 Å². The van der Waals surface area contributed by atoms with Crippen molar-refractivity contribution in [2.75, 3.05) is 13.1 Å². The Balaban J connectivity index is 1.49. The lowest BCUT2D eigenvalue weighted by Crippen LogP contribution is -2.29. The van der Waals surface area contributed by atoms with Gasteiger partial charge in [-0.05, 0) is 31.5 Å². The molecule has 1 aliphatic rings. The quantitative estimate of drug-likeness (QED) is 0.727. The fraction of sp³-hybridized carbons (Fsp3) is 0.375. The van der Waals surface area contributed by atoms with E-state index < -0.39 is 6.10 Å². The molecule has 0 unspecified atom stereocenters. The number of pyridine rings is 1. The first-order chi connectivity index (χ1) is 11.6. The van der Waals surface area contributed by atoms with Crippen LogP contribution >= 0.6 is 0 Å². The standard InChI is InChI=1S/C16H18N6O2/c1-10-4-13(20-19-10)5-12-7-21(8-14(12)23)16(24)11-2-3-22-15(6-11)17-9-18-22/h2-4,6,9,12,14,23H,5,7-8H2,1H3,(H,19,20)/t12-,14-/m1/s1. The number of fused-ring (bicyclic) bond motifs is 1. The van der Waals surface area contributed by atoms with Crippen molar-refractivity contribution in [1.29, 1.82) is 0 Å². The highest BCUT2D eigenvalue weighted by Crippen LogP contribution is 2.23. The highest BCUT2D eigenvalue weighted by molar-refractivity contribution is 5.95. The van der Waals surface area contributed by atoms with Gasteiger partial charge in [-0.25, -0.2) is 9.50 Å². The Bertz CT molecular complexity index is 885. The van der Waals surface area contributed by atoms with Gasteiger partial charge in [0.1, 0.15) is 6.33 Å². The van der Waals surface area contributed by atoms with Crippen molar-refractivity contribution in [1.82, 2.24) is 29.7 Å². The molecule has 0 aliphatic carbocycles. The van der Waals surface area contributed by atoms with Gasteiger partial charge >= 0.3 is 0 Å². The number of aromatic nitrogens is 5. The second-order valence-corrected chi connectivity index (χ2v) is 6.26. The fourth-order valence-corrected chi connectivity index (χ4v) is 3.20. The third kappa shape index (κ3) is 2.65. The molecule has 2 N–H and O–H groups in total. The van der Waals surface area contributed by atoms with Crippen LogP contribution in [0.4, 0.5) is 0 Å². The molecule has 1 saturated heterocycles. The Morgan fingerprint density at radius 3 is 3.08 bits per heavy atom. The topological polar surface area (TPSA) is 99.4 Å². The molecule has 8 heteroatoms. The minimum absolute atomic E-state index is 0.00604. The Labute approximate surface area is 138 Å². The van der Waals surface area contributed by atoms with Gasteiger partial charge in [-0.1, -0.05) is 0 Å². The average molecular weight is 326 g/mol. The molecular formula is C16H18N6O2. The molecule has 0 radical (unpaired) electrons. The predicted molar refractivity (Wildman–Crippen MR) is 85.4 cm³/mol. The summed E-state index contributed by atoms with van der Waals surface area (Å²) >= 11 is 0. The molecule has 1 aliphatic heterocycles. The van der Waals surface area contributed by atoms with Gasteiger partial charge in [0.05, 0.1) is 11.8 Å². The number of hydrogen-bond donors (Lipinski definition) is 2. The Morgan fingerprint density at radius 2 is 2.29 bits per heavy atom. The zero-order valence-electron chi connectivity index (χ0n) is 13.3. The highest BCUT2D eigenvalue weighted by Gasteiger charge is 2.34. The molecule has 0 aromatic carbocycles. The van der Waals surface area contributed by atoms with Gasteiger partial charge in [0.15, 0.2) is 5.65 Å². The van der Waals surface area contributed by atoms with Crippen molar-refractivity contribution in [2.24, 2.45) is 5.92 Å². The maximum Gasteiger partial charge on any atom is 0.254 e. The second-order valence-electron chi connectivity index (χ2n) is 6.26. The molecule has 24 heavy (non-hydrogen) atoms. The number of carbonyl (C=O) groups is 1. The van der Waals surface area contributed by atoms with Crippen molar-refractivity contribution >= 4 is 11.6 Å². The summed E-state index contributed by atoms with van der Waals surface area (Å²) in [5.74, 6) is -0.103. The van der Waals surface area contributed by atoms with Crippen molar-refractivity contribution in [3.8, 4) is 0 Å². The number of nitrogens with one attached hydrogen (secondary N) is 1.